The van der Waals surface area contributed by atoms with Gasteiger partial charge in [0.15, 0.2) is 0 Å². The van der Waals surface area contributed by atoms with Crippen molar-refractivity contribution in [1.29, 1.82) is 0 Å². The number of ether oxygens (including phenoxy) is 1. The van der Waals surface area contributed by atoms with Crippen LogP contribution in [-0.2, 0) is 22.7 Å². The molecule has 0 spiro atoms. The first kappa shape index (κ1) is 24.8. The first-order valence-corrected chi connectivity index (χ1v) is 11.6. The Kier molecular flexibility index (Phi) is 7.28. The second kappa shape index (κ2) is 10.6. The second-order valence-electron chi connectivity index (χ2n) is 8.65. The molecule has 9 heteroatoms. The molecule has 186 valence electrons. The number of amides is 2. The largest absolute Gasteiger partial charge is 0.497 e. The van der Waals surface area contributed by atoms with Crippen LogP contribution in [0.15, 0.2) is 72.8 Å². The third-order valence-electron chi connectivity index (χ3n) is 6.38. The van der Waals surface area contributed by atoms with Crippen molar-refractivity contribution in [3.05, 3.63) is 84.2 Å². The lowest BCUT2D eigenvalue weighted by Crippen LogP contribution is -2.57. The number of para-hydroxylation sites is 1. The number of halogens is 1. The molecular weight excluding hydrogens is 461 g/mol. The predicted octanol–water partition coefficient (Wildman–Crippen LogP) is 4.42. The van der Waals surface area contributed by atoms with Crippen LogP contribution in [0.5, 0.6) is 5.75 Å². The van der Waals surface area contributed by atoms with Gasteiger partial charge in [-0.25, -0.2) is 9.07 Å². The average Bonchev–Trinajstić information content (AvgIpc) is 3.30. The minimum Gasteiger partial charge on any atom is -0.497 e. The molecule has 1 aromatic heterocycles. The standard InChI is InChI=1S/C27H28FN5O3/c1-4-27(2,26(35)29-21-13-15-22(36-3)16-14-21)32(17-19-9-11-20(28)12-10-19)25(34)18-33-24-8-6-5-7-23(24)30-31-33/h5-16H,4,17-18H2,1-3H3,(H,29,35). The Morgan fingerprint density at radius 3 is 2.42 bits per heavy atom. The van der Waals surface area contributed by atoms with Crippen LogP contribution in [0.4, 0.5) is 10.1 Å². The first-order chi connectivity index (χ1) is 17.3. The van der Waals surface area contributed by atoms with Gasteiger partial charge in [0, 0.05) is 12.2 Å². The SMILES string of the molecule is CCC(C)(C(=O)Nc1ccc(OC)cc1)N(Cc1ccc(F)cc1)C(=O)Cn1nnc2ccccc21. The highest BCUT2D eigenvalue weighted by Gasteiger charge is 2.41. The smallest absolute Gasteiger partial charge is 0.250 e. The van der Waals surface area contributed by atoms with E-state index < -0.39 is 5.54 Å². The Balaban J connectivity index is 1.65. The quantitative estimate of drug-likeness (QED) is 0.376. The maximum atomic E-state index is 13.7. The normalized spacial score (nSPS) is 12.7. The van der Waals surface area contributed by atoms with Crippen LogP contribution in [0.25, 0.3) is 11.0 Å². The Morgan fingerprint density at radius 2 is 1.75 bits per heavy atom. The van der Waals surface area contributed by atoms with Crippen LogP contribution in [0.3, 0.4) is 0 Å². The topological polar surface area (TPSA) is 89.4 Å². The summed E-state index contributed by atoms with van der Waals surface area (Å²) in [7, 11) is 1.57. The average molecular weight is 490 g/mol. The molecule has 1 atom stereocenters. The van der Waals surface area contributed by atoms with Crippen molar-refractivity contribution in [2.75, 3.05) is 12.4 Å². The summed E-state index contributed by atoms with van der Waals surface area (Å²) in [6.45, 7) is 3.59. The molecule has 4 rings (SSSR count). The molecule has 0 saturated heterocycles. The molecule has 1 heterocycles. The zero-order valence-corrected chi connectivity index (χ0v) is 20.4. The van der Waals surface area contributed by atoms with Crippen molar-refractivity contribution in [3.8, 4) is 5.75 Å². The summed E-state index contributed by atoms with van der Waals surface area (Å²) >= 11 is 0. The molecule has 0 fully saturated rings. The first-order valence-electron chi connectivity index (χ1n) is 11.6. The summed E-state index contributed by atoms with van der Waals surface area (Å²) in [5.74, 6) is -0.362. The number of rotatable bonds is 9. The van der Waals surface area contributed by atoms with Crippen LogP contribution < -0.4 is 10.1 Å². The van der Waals surface area contributed by atoms with E-state index in [1.807, 2.05) is 31.2 Å². The summed E-state index contributed by atoms with van der Waals surface area (Å²) in [5.41, 5.74) is 1.46. The highest BCUT2D eigenvalue weighted by atomic mass is 19.1. The lowest BCUT2D eigenvalue weighted by atomic mass is 9.93. The van der Waals surface area contributed by atoms with Crippen LogP contribution in [0.1, 0.15) is 25.8 Å². The summed E-state index contributed by atoms with van der Waals surface area (Å²) in [5, 5.41) is 11.2. The fourth-order valence-corrected chi connectivity index (χ4v) is 3.97. The summed E-state index contributed by atoms with van der Waals surface area (Å²) in [4.78, 5) is 28.9. The number of hydrogen-bond acceptors (Lipinski definition) is 5. The lowest BCUT2D eigenvalue weighted by molar-refractivity contribution is -0.146. The maximum Gasteiger partial charge on any atom is 0.250 e. The molecule has 3 aromatic carbocycles. The van der Waals surface area contributed by atoms with E-state index in [0.717, 1.165) is 0 Å². The highest BCUT2D eigenvalue weighted by Crippen LogP contribution is 2.26. The molecule has 0 saturated carbocycles. The number of nitrogens with one attached hydrogen (secondary N) is 1. The maximum absolute atomic E-state index is 13.7. The van der Waals surface area contributed by atoms with E-state index in [1.165, 1.54) is 21.7 Å². The number of fused-ring (bicyclic) bond motifs is 1. The minimum atomic E-state index is -1.21. The van der Waals surface area contributed by atoms with Gasteiger partial charge in [-0.05, 0) is 67.4 Å². The zero-order chi connectivity index (χ0) is 25.7. The molecule has 4 aromatic rings. The van der Waals surface area contributed by atoms with Gasteiger partial charge in [-0.2, -0.15) is 0 Å². The number of methoxy groups -OCH3 is 1. The third-order valence-corrected chi connectivity index (χ3v) is 6.38. The van der Waals surface area contributed by atoms with Gasteiger partial charge in [0.05, 0.1) is 12.6 Å². The molecule has 2 amide bonds. The van der Waals surface area contributed by atoms with Gasteiger partial charge >= 0.3 is 0 Å². The zero-order valence-electron chi connectivity index (χ0n) is 20.4. The molecule has 36 heavy (non-hydrogen) atoms. The van der Waals surface area contributed by atoms with Gasteiger partial charge in [0.2, 0.25) is 11.8 Å². The Morgan fingerprint density at radius 1 is 1.06 bits per heavy atom. The number of benzene rings is 3. The van der Waals surface area contributed by atoms with Crippen molar-refractivity contribution >= 4 is 28.5 Å². The minimum absolute atomic E-state index is 0.104. The molecule has 0 aliphatic rings. The second-order valence-corrected chi connectivity index (χ2v) is 8.65. The van der Waals surface area contributed by atoms with Crippen molar-refractivity contribution in [1.82, 2.24) is 19.9 Å². The number of hydrogen-bond donors (Lipinski definition) is 1. The molecular formula is C27H28FN5O3. The van der Waals surface area contributed by atoms with Crippen LogP contribution in [0.2, 0.25) is 0 Å². The summed E-state index contributed by atoms with van der Waals surface area (Å²) in [6, 6.07) is 20.2. The number of carbonyl (C=O) groups excluding carboxylic acids is 2. The molecule has 1 unspecified atom stereocenters. The Hall–Kier alpha value is -4.27. The van der Waals surface area contributed by atoms with Crippen LogP contribution in [0, 0.1) is 5.82 Å². The van der Waals surface area contributed by atoms with E-state index in [1.54, 1.807) is 50.4 Å². The molecule has 0 radical (unpaired) electrons. The van der Waals surface area contributed by atoms with Gasteiger partial charge in [0.25, 0.3) is 0 Å². The number of carbonyl (C=O) groups is 2. The monoisotopic (exact) mass is 489 g/mol. The van der Waals surface area contributed by atoms with Gasteiger partial charge in [0.1, 0.15) is 29.2 Å². The van der Waals surface area contributed by atoms with Crippen molar-refractivity contribution < 1.29 is 18.7 Å². The van der Waals surface area contributed by atoms with Crippen molar-refractivity contribution in [2.45, 2.75) is 38.9 Å². The highest BCUT2D eigenvalue weighted by molar-refractivity contribution is 6.00. The molecule has 0 bridgehead atoms. The molecule has 8 nitrogen and oxygen atoms in total. The summed E-state index contributed by atoms with van der Waals surface area (Å²) in [6.07, 6.45) is 0.347. The predicted molar refractivity (Wildman–Crippen MR) is 135 cm³/mol. The van der Waals surface area contributed by atoms with E-state index in [0.29, 0.717) is 34.5 Å². The molecule has 0 aliphatic carbocycles. The van der Waals surface area contributed by atoms with Gasteiger partial charge < -0.3 is 15.0 Å². The van der Waals surface area contributed by atoms with Gasteiger partial charge in [-0.3, -0.25) is 9.59 Å². The Bertz CT molecular complexity index is 1350. The van der Waals surface area contributed by atoms with E-state index in [2.05, 4.69) is 15.6 Å². The fraction of sp³-hybridized carbons (Fsp3) is 0.259. The number of nitrogens with zero attached hydrogens (tertiary/aromatic N) is 4. The summed E-state index contributed by atoms with van der Waals surface area (Å²) < 4.78 is 20.2. The van der Waals surface area contributed by atoms with E-state index in [4.69, 9.17) is 4.74 Å². The lowest BCUT2D eigenvalue weighted by Gasteiger charge is -2.39. The van der Waals surface area contributed by atoms with E-state index >= 15 is 0 Å². The van der Waals surface area contributed by atoms with Crippen molar-refractivity contribution in [2.24, 2.45) is 0 Å². The number of aromatic nitrogens is 3. The fourth-order valence-electron chi connectivity index (χ4n) is 3.97. The molecule has 1 N–H and O–H groups in total. The van der Waals surface area contributed by atoms with Crippen LogP contribution >= 0.6 is 0 Å². The van der Waals surface area contributed by atoms with Crippen LogP contribution in [-0.4, -0.2) is 44.4 Å². The van der Waals surface area contributed by atoms with E-state index in [9.17, 15) is 14.0 Å². The van der Waals surface area contributed by atoms with Gasteiger partial charge in [-0.1, -0.05) is 36.4 Å². The van der Waals surface area contributed by atoms with Crippen molar-refractivity contribution in [3.63, 3.8) is 0 Å². The third kappa shape index (κ3) is 5.19. The van der Waals surface area contributed by atoms with Gasteiger partial charge in [-0.15, -0.1) is 5.10 Å². The molecule has 0 aliphatic heterocycles. The van der Waals surface area contributed by atoms with E-state index in [-0.39, 0.29) is 30.7 Å². The Labute approximate surface area is 208 Å². The number of anilines is 1.